The van der Waals surface area contributed by atoms with Crippen molar-refractivity contribution >= 4 is 18.0 Å². The first-order valence-electron chi connectivity index (χ1n) is 7.03. The Bertz CT molecular complexity index is 563. The van der Waals surface area contributed by atoms with Crippen molar-refractivity contribution in [1.29, 1.82) is 0 Å². The number of nitrogens with one attached hydrogen (secondary N) is 1. The van der Waals surface area contributed by atoms with Gasteiger partial charge in [-0.2, -0.15) is 0 Å². The van der Waals surface area contributed by atoms with Crippen LogP contribution in [0.15, 0.2) is 24.3 Å². The van der Waals surface area contributed by atoms with Crippen LogP contribution in [0.3, 0.4) is 0 Å². The van der Waals surface area contributed by atoms with Gasteiger partial charge in [0.2, 0.25) is 5.91 Å². The van der Waals surface area contributed by atoms with Crippen molar-refractivity contribution in [2.75, 3.05) is 0 Å². The van der Waals surface area contributed by atoms with E-state index in [0.717, 1.165) is 31.8 Å². The van der Waals surface area contributed by atoms with Crippen molar-refractivity contribution in [2.24, 2.45) is 5.92 Å². The van der Waals surface area contributed by atoms with E-state index in [4.69, 9.17) is 5.11 Å². The summed E-state index contributed by atoms with van der Waals surface area (Å²) in [7, 11) is 0. The summed E-state index contributed by atoms with van der Waals surface area (Å²) in [6.07, 6.45) is 6.33. The van der Waals surface area contributed by atoms with E-state index in [-0.39, 0.29) is 18.4 Å². The standard InChI is InChI=1S/C16H18FNO3/c17-14-7-5-11(6-8-15(19)20)9-13(14)10-18-16(21)12-3-1-2-4-12/h5-9,12H,1-4,10H2,(H,18,21)(H,19,20). The third-order valence-corrected chi connectivity index (χ3v) is 3.67. The van der Waals surface area contributed by atoms with Crippen LogP contribution in [0.5, 0.6) is 0 Å². The number of hydrogen-bond acceptors (Lipinski definition) is 2. The number of rotatable bonds is 5. The molecule has 2 N–H and O–H groups in total. The number of aliphatic carboxylic acids is 1. The second kappa shape index (κ2) is 7.02. The van der Waals surface area contributed by atoms with Crippen molar-refractivity contribution < 1.29 is 19.1 Å². The minimum Gasteiger partial charge on any atom is -0.478 e. The first kappa shape index (κ1) is 15.2. The average molecular weight is 291 g/mol. The maximum atomic E-state index is 13.7. The molecule has 1 aliphatic carbocycles. The first-order valence-corrected chi connectivity index (χ1v) is 7.03. The monoisotopic (exact) mass is 291 g/mol. The number of amides is 1. The summed E-state index contributed by atoms with van der Waals surface area (Å²) in [5.74, 6) is -1.45. The van der Waals surface area contributed by atoms with Crippen LogP contribution in [-0.4, -0.2) is 17.0 Å². The van der Waals surface area contributed by atoms with E-state index in [0.29, 0.717) is 11.1 Å². The highest BCUT2D eigenvalue weighted by molar-refractivity contribution is 5.85. The van der Waals surface area contributed by atoms with Gasteiger partial charge in [-0.05, 0) is 36.6 Å². The zero-order chi connectivity index (χ0) is 15.2. The summed E-state index contributed by atoms with van der Waals surface area (Å²) in [6.45, 7) is 0.121. The van der Waals surface area contributed by atoms with Crippen LogP contribution in [0.1, 0.15) is 36.8 Å². The fourth-order valence-corrected chi connectivity index (χ4v) is 2.52. The van der Waals surface area contributed by atoms with Crippen LogP contribution < -0.4 is 5.32 Å². The van der Waals surface area contributed by atoms with E-state index >= 15 is 0 Å². The molecule has 1 aliphatic rings. The molecule has 1 fully saturated rings. The highest BCUT2D eigenvalue weighted by atomic mass is 19.1. The van der Waals surface area contributed by atoms with E-state index in [9.17, 15) is 14.0 Å². The molecular formula is C16H18FNO3. The molecule has 0 heterocycles. The molecule has 1 amide bonds. The Morgan fingerprint density at radius 2 is 2.05 bits per heavy atom. The molecule has 0 saturated heterocycles. The van der Waals surface area contributed by atoms with Gasteiger partial charge in [0.05, 0.1) is 0 Å². The predicted octanol–water partition coefficient (Wildman–Crippen LogP) is 2.73. The lowest BCUT2D eigenvalue weighted by Gasteiger charge is -2.11. The lowest BCUT2D eigenvalue weighted by molar-refractivity contribution is -0.131. The van der Waals surface area contributed by atoms with E-state index < -0.39 is 11.8 Å². The zero-order valence-electron chi connectivity index (χ0n) is 11.6. The summed E-state index contributed by atoms with van der Waals surface area (Å²) in [6, 6.07) is 4.32. The SMILES string of the molecule is O=C(O)C=Cc1ccc(F)c(CNC(=O)C2CCCC2)c1. The molecule has 0 unspecified atom stereocenters. The molecule has 112 valence electrons. The van der Waals surface area contributed by atoms with Crippen LogP contribution in [-0.2, 0) is 16.1 Å². The minimum absolute atomic E-state index is 0.0293. The van der Waals surface area contributed by atoms with Gasteiger partial charge in [0.25, 0.3) is 0 Å². The van der Waals surface area contributed by atoms with Gasteiger partial charge in [-0.15, -0.1) is 0 Å². The molecule has 0 aromatic heterocycles. The molecule has 1 aromatic carbocycles. The van der Waals surface area contributed by atoms with Gasteiger partial charge in [0.15, 0.2) is 0 Å². The lowest BCUT2D eigenvalue weighted by Crippen LogP contribution is -2.29. The van der Waals surface area contributed by atoms with Gasteiger partial charge in [0, 0.05) is 24.1 Å². The summed E-state index contributed by atoms with van der Waals surface area (Å²) >= 11 is 0. The molecule has 1 saturated carbocycles. The fraction of sp³-hybridized carbons (Fsp3) is 0.375. The molecular weight excluding hydrogens is 273 g/mol. The third kappa shape index (κ3) is 4.41. The van der Waals surface area contributed by atoms with Crippen LogP contribution in [0.25, 0.3) is 6.08 Å². The van der Waals surface area contributed by atoms with Crippen LogP contribution in [0.2, 0.25) is 0 Å². The predicted molar refractivity (Wildman–Crippen MR) is 76.9 cm³/mol. The van der Waals surface area contributed by atoms with Crippen LogP contribution in [0, 0.1) is 11.7 Å². The third-order valence-electron chi connectivity index (χ3n) is 3.67. The first-order chi connectivity index (χ1) is 10.1. The van der Waals surface area contributed by atoms with E-state index in [1.807, 2.05) is 0 Å². The van der Waals surface area contributed by atoms with Gasteiger partial charge in [-0.3, -0.25) is 4.79 Å². The Labute approximate surface area is 122 Å². The Morgan fingerprint density at radius 1 is 1.33 bits per heavy atom. The molecule has 0 spiro atoms. The van der Waals surface area contributed by atoms with Crippen LogP contribution in [0.4, 0.5) is 4.39 Å². The highest BCUT2D eigenvalue weighted by Gasteiger charge is 2.22. The molecule has 2 rings (SSSR count). The molecule has 4 nitrogen and oxygen atoms in total. The Hall–Kier alpha value is -2.17. The second-order valence-electron chi connectivity index (χ2n) is 5.22. The number of carbonyl (C=O) groups is 2. The largest absolute Gasteiger partial charge is 0.478 e. The van der Waals surface area contributed by atoms with Crippen molar-refractivity contribution in [3.8, 4) is 0 Å². The number of benzene rings is 1. The van der Waals surface area contributed by atoms with Crippen molar-refractivity contribution in [3.05, 3.63) is 41.2 Å². The van der Waals surface area contributed by atoms with Crippen molar-refractivity contribution in [1.82, 2.24) is 5.32 Å². The minimum atomic E-state index is -1.06. The van der Waals surface area contributed by atoms with Gasteiger partial charge < -0.3 is 10.4 Å². The number of carbonyl (C=O) groups excluding carboxylic acids is 1. The number of halogens is 1. The maximum Gasteiger partial charge on any atom is 0.328 e. The molecule has 21 heavy (non-hydrogen) atoms. The van der Waals surface area contributed by atoms with E-state index in [2.05, 4.69) is 5.32 Å². The zero-order valence-corrected chi connectivity index (χ0v) is 11.6. The number of carboxylic acid groups (broad SMARTS) is 1. The van der Waals surface area contributed by atoms with Gasteiger partial charge in [0.1, 0.15) is 5.82 Å². The molecule has 0 atom stereocenters. The fourth-order valence-electron chi connectivity index (χ4n) is 2.52. The summed E-state index contributed by atoms with van der Waals surface area (Å²) in [4.78, 5) is 22.4. The average Bonchev–Trinajstić information content (AvgIpc) is 2.98. The molecule has 0 bridgehead atoms. The summed E-state index contributed by atoms with van der Waals surface area (Å²) < 4.78 is 13.7. The molecule has 1 aromatic rings. The number of hydrogen-bond donors (Lipinski definition) is 2. The van der Waals surface area contributed by atoms with Crippen LogP contribution >= 0.6 is 0 Å². The summed E-state index contributed by atoms with van der Waals surface area (Å²) in [5.41, 5.74) is 0.942. The molecule has 5 heteroatoms. The van der Waals surface area contributed by atoms with Gasteiger partial charge in [-0.25, -0.2) is 9.18 Å². The molecule has 0 radical (unpaired) electrons. The van der Waals surface area contributed by atoms with Gasteiger partial charge in [-0.1, -0.05) is 18.9 Å². The maximum absolute atomic E-state index is 13.7. The van der Waals surface area contributed by atoms with E-state index in [1.165, 1.54) is 18.2 Å². The smallest absolute Gasteiger partial charge is 0.328 e. The summed E-state index contributed by atoms with van der Waals surface area (Å²) in [5, 5.41) is 11.3. The molecule has 0 aliphatic heterocycles. The second-order valence-corrected chi connectivity index (χ2v) is 5.22. The van der Waals surface area contributed by atoms with Crippen molar-refractivity contribution in [2.45, 2.75) is 32.2 Å². The lowest BCUT2D eigenvalue weighted by atomic mass is 10.1. The normalized spacial score (nSPS) is 15.5. The van der Waals surface area contributed by atoms with Gasteiger partial charge >= 0.3 is 5.97 Å². The Balaban J connectivity index is 1.99. The van der Waals surface area contributed by atoms with E-state index in [1.54, 1.807) is 6.07 Å². The quantitative estimate of drug-likeness (QED) is 0.820. The van der Waals surface area contributed by atoms with Crippen molar-refractivity contribution in [3.63, 3.8) is 0 Å². The Morgan fingerprint density at radius 3 is 2.71 bits per heavy atom. The number of carboxylic acids is 1. The highest BCUT2D eigenvalue weighted by Crippen LogP contribution is 2.24. The topological polar surface area (TPSA) is 66.4 Å². The Kier molecular flexibility index (Phi) is 5.09.